The number of ether oxygens (including phenoxy) is 1. The molecular formula is C17H19NO3. The van der Waals surface area contributed by atoms with Gasteiger partial charge in [-0.25, -0.2) is 0 Å². The van der Waals surface area contributed by atoms with E-state index in [-0.39, 0.29) is 35.7 Å². The molecule has 2 bridgehead atoms. The quantitative estimate of drug-likeness (QED) is 0.849. The molecule has 1 amide bonds. The number of carbonyl (C=O) groups excluding carboxylic acids is 2. The van der Waals surface area contributed by atoms with Crippen LogP contribution in [0.25, 0.3) is 0 Å². The SMILES string of the molecule is Cc1cccc(C)c1NC(=O)[C@H]1[C@@H]2C[C@H]3[C@H]1C(=O)O[C@H]3C2. The van der Waals surface area contributed by atoms with Gasteiger partial charge in [0.15, 0.2) is 0 Å². The predicted molar refractivity (Wildman–Crippen MR) is 77.6 cm³/mol. The lowest BCUT2D eigenvalue weighted by atomic mass is 9.79. The molecule has 2 saturated carbocycles. The lowest BCUT2D eigenvalue weighted by Gasteiger charge is -2.24. The third kappa shape index (κ3) is 1.74. The summed E-state index contributed by atoms with van der Waals surface area (Å²) in [5.74, 6) is -0.0100. The van der Waals surface area contributed by atoms with E-state index in [9.17, 15) is 9.59 Å². The molecule has 0 aromatic heterocycles. The van der Waals surface area contributed by atoms with E-state index in [2.05, 4.69) is 5.32 Å². The number of carbonyl (C=O) groups is 2. The Balaban J connectivity index is 1.60. The maximum atomic E-state index is 12.7. The van der Waals surface area contributed by atoms with Crippen molar-refractivity contribution < 1.29 is 14.3 Å². The summed E-state index contributed by atoms with van der Waals surface area (Å²) >= 11 is 0. The van der Waals surface area contributed by atoms with Crippen molar-refractivity contribution in [3.63, 3.8) is 0 Å². The first-order valence-electron chi connectivity index (χ1n) is 7.64. The highest BCUT2D eigenvalue weighted by molar-refractivity contribution is 5.97. The molecule has 1 aromatic rings. The molecule has 2 aliphatic carbocycles. The van der Waals surface area contributed by atoms with Crippen LogP contribution >= 0.6 is 0 Å². The minimum absolute atomic E-state index is 0.0119. The second kappa shape index (κ2) is 4.33. The highest BCUT2D eigenvalue weighted by Crippen LogP contribution is 2.57. The van der Waals surface area contributed by atoms with Crippen LogP contribution in [-0.4, -0.2) is 18.0 Å². The maximum Gasteiger partial charge on any atom is 0.310 e. The summed E-state index contributed by atoms with van der Waals surface area (Å²) in [5.41, 5.74) is 2.99. The Kier molecular flexibility index (Phi) is 2.65. The number of para-hydroxylation sites is 1. The molecule has 0 radical (unpaired) electrons. The molecule has 5 atom stereocenters. The number of anilines is 1. The largest absolute Gasteiger partial charge is 0.462 e. The van der Waals surface area contributed by atoms with Gasteiger partial charge in [0.2, 0.25) is 5.91 Å². The zero-order valence-corrected chi connectivity index (χ0v) is 12.3. The monoisotopic (exact) mass is 285 g/mol. The van der Waals surface area contributed by atoms with Crippen LogP contribution in [0.3, 0.4) is 0 Å². The molecule has 110 valence electrons. The van der Waals surface area contributed by atoms with Crippen LogP contribution < -0.4 is 5.32 Å². The van der Waals surface area contributed by atoms with Gasteiger partial charge in [0.1, 0.15) is 6.10 Å². The Morgan fingerprint density at radius 2 is 1.95 bits per heavy atom. The number of fused-ring (bicyclic) bond motifs is 1. The first-order valence-corrected chi connectivity index (χ1v) is 7.64. The molecule has 3 aliphatic rings. The number of benzene rings is 1. The van der Waals surface area contributed by atoms with Gasteiger partial charge < -0.3 is 10.1 Å². The fraction of sp³-hybridized carbons (Fsp3) is 0.529. The van der Waals surface area contributed by atoms with E-state index in [0.717, 1.165) is 29.7 Å². The zero-order valence-electron chi connectivity index (χ0n) is 12.3. The van der Waals surface area contributed by atoms with E-state index in [4.69, 9.17) is 4.74 Å². The van der Waals surface area contributed by atoms with Crippen molar-refractivity contribution in [2.24, 2.45) is 23.7 Å². The molecule has 1 N–H and O–H groups in total. The highest BCUT2D eigenvalue weighted by Gasteiger charge is 2.63. The summed E-state index contributed by atoms with van der Waals surface area (Å²) in [7, 11) is 0. The third-order valence-electron chi connectivity index (χ3n) is 5.52. The van der Waals surface area contributed by atoms with Crippen molar-refractivity contribution in [1.82, 2.24) is 0 Å². The Labute approximate surface area is 123 Å². The zero-order chi connectivity index (χ0) is 14.7. The molecule has 3 fully saturated rings. The molecule has 1 saturated heterocycles. The average molecular weight is 285 g/mol. The summed E-state index contributed by atoms with van der Waals surface area (Å²) in [6, 6.07) is 5.96. The second-order valence-corrected chi connectivity index (χ2v) is 6.68. The summed E-state index contributed by atoms with van der Waals surface area (Å²) in [5, 5.41) is 3.06. The smallest absolute Gasteiger partial charge is 0.310 e. The Hall–Kier alpha value is -1.84. The van der Waals surface area contributed by atoms with E-state index in [1.54, 1.807) is 0 Å². The number of aryl methyl sites for hydroxylation is 2. The molecule has 0 unspecified atom stereocenters. The van der Waals surface area contributed by atoms with Gasteiger partial charge in [-0.05, 0) is 43.7 Å². The minimum atomic E-state index is -0.210. The summed E-state index contributed by atoms with van der Waals surface area (Å²) in [6.45, 7) is 3.98. The highest BCUT2D eigenvalue weighted by atomic mass is 16.6. The lowest BCUT2D eigenvalue weighted by molar-refractivity contribution is -0.145. The van der Waals surface area contributed by atoms with Gasteiger partial charge in [0.25, 0.3) is 0 Å². The van der Waals surface area contributed by atoms with Gasteiger partial charge in [-0.2, -0.15) is 0 Å². The molecular weight excluding hydrogens is 266 g/mol. The molecule has 1 heterocycles. The number of hydrogen-bond donors (Lipinski definition) is 1. The first kappa shape index (κ1) is 12.9. The van der Waals surface area contributed by atoms with Crippen LogP contribution in [0.15, 0.2) is 18.2 Å². The number of rotatable bonds is 2. The fourth-order valence-electron chi connectivity index (χ4n) is 4.58. The van der Waals surface area contributed by atoms with Gasteiger partial charge >= 0.3 is 5.97 Å². The Bertz CT molecular complexity index is 617. The minimum Gasteiger partial charge on any atom is -0.462 e. The van der Waals surface area contributed by atoms with Crippen LogP contribution in [0, 0.1) is 37.5 Å². The average Bonchev–Trinajstić information content (AvgIpc) is 3.04. The van der Waals surface area contributed by atoms with E-state index in [1.807, 2.05) is 32.0 Å². The number of amides is 1. The molecule has 21 heavy (non-hydrogen) atoms. The Morgan fingerprint density at radius 3 is 2.67 bits per heavy atom. The fourth-order valence-corrected chi connectivity index (χ4v) is 4.58. The van der Waals surface area contributed by atoms with Gasteiger partial charge in [0.05, 0.1) is 11.8 Å². The van der Waals surface area contributed by atoms with Crippen molar-refractivity contribution in [3.8, 4) is 0 Å². The van der Waals surface area contributed by atoms with Crippen molar-refractivity contribution >= 4 is 17.6 Å². The number of hydrogen-bond acceptors (Lipinski definition) is 3. The van der Waals surface area contributed by atoms with Crippen LogP contribution in [0.1, 0.15) is 24.0 Å². The molecule has 1 aliphatic heterocycles. The molecule has 4 rings (SSSR count). The van der Waals surface area contributed by atoms with E-state index >= 15 is 0 Å². The van der Waals surface area contributed by atoms with Crippen LogP contribution in [0.4, 0.5) is 5.69 Å². The van der Waals surface area contributed by atoms with Crippen molar-refractivity contribution in [2.75, 3.05) is 5.32 Å². The number of esters is 1. The van der Waals surface area contributed by atoms with Crippen LogP contribution in [0.5, 0.6) is 0 Å². The summed E-state index contributed by atoms with van der Waals surface area (Å²) < 4.78 is 5.40. The first-order chi connectivity index (χ1) is 10.1. The van der Waals surface area contributed by atoms with Crippen molar-refractivity contribution in [2.45, 2.75) is 32.8 Å². The number of nitrogens with one attached hydrogen (secondary N) is 1. The normalized spacial score (nSPS) is 35.9. The van der Waals surface area contributed by atoms with Gasteiger partial charge in [-0.15, -0.1) is 0 Å². The molecule has 1 aromatic carbocycles. The third-order valence-corrected chi connectivity index (χ3v) is 5.52. The van der Waals surface area contributed by atoms with Crippen molar-refractivity contribution in [1.29, 1.82) is 0 Å². The van der Waals surface area contributed by atoms with Crippen LogP contribution in [0.2, 0.25) is 0 Å². The Morgan fingerprint density at radius 1 is 1.24 bits per heavy atom. The van der Waals surface area contributed by atoms with E-state index < -0.39 is 0 Å². The van der Waals surface area contributed by atoms with Gasteiger partial charge in [0, 0.05) is 11.6 Å². The van der Waals surface area contributed by atoms with Gasteiger partial charge in [-0.1, -0.05) is 18.2 Å². The maximum absolute atomic E-state index is 12.7. The van der Waals surface area contributed by atoms with E-state index in [0.29, 0.717) is 5.92 Å². The second-order valence-electron chi connectivity index (χ2n) is 6.68. The lowest BCUT2D eigenvalue weighted by Crippen LogP contribution is -2.36. The summed E-state index contributed by atoms with van der Waals surface area (Å²) in [6.07, 6.45) is 1.90. The molecule has 4 heteroatoms. The van der Waals surface area contributed by atoms with Gasteiger partial charge in [-0.3, -0.25) is 9.59 Å². The van der Waals surface area contributed by atoms with Crippen molar-refractivity contribution in [3.05, 3.63) is 29.3 Å². The summed E-state index contributed by atoms with van der Waals surface area (Å²) in [4.78, 5) is 24.7. The molecule has 0 spiro atoms. The predicted octanol–water partition coefficient (Wildman–Crippen LogP) is 2.44. The molecule has 4 nitrogen and oxygen atoms in total. The topological polar surface area (TPSA) is 55.4 Å². The van der Waals surface area contributed by atoms with E-state index in [1.165, 1.54) is 0 Å². The van der Waals surface area contributed by atoms with Crippen LogP contribution in [-0.2, 0) is 14.3 Å². The standard InChI is InChI=1S/C17H19NO3/c1-8-4-3-5-9(2)15(8)18-16(19)13-10-6-11-12(7-10)21-17(20)14(11)13/h3-5,10-14H,6-7H2,1-2H3,(H,18,19)/t10-,11-,12+,13+,14-/m1/s1.